The van der Waals surface area contributed by atoms with E-state index in [1.165, 1.54) is 12.1 Å². The normalized spacial score (nSPS) is 23.1. The molecule has 0 aliphatic heterocycles. The third-order valence-corrected chi connectivity index (χ3v) is 5.01. The van der Waals surface area contributed by atoms with Gasteiger partial charge in [0.2, 0.25) is 0 Å². The fraction of sp³-hybridized carbons (Fsp3) is 0.611. The Balaban J connectivity index is 1.95. The number of halogens is 2. The van der Waals surface area contributed by atoms with Gasteiger partial charge in [-0.15, -0.1) is 0 Å². The molecule has 1 fully saturated rings. The Hall–Kier alpha value is -0.890. The highest BCUT2D eigenvalue weighted by molar-refractivity contribution is 6.30. The molecule has 3 heteroatoms. The van der Waals surface area contributed by atoms with Gasteiger partial charge in [0.25, 0.3) is 0 Å². The summed E-state index contributed by atoms with van der Waals surface area (Å²) >= 11 is 5.88. The summed E-state index contributed by atoms with van der Waals surface area (Å²) in [6, 6.07) is 4.41. The van der Waals surface area contributed by atoms with Gasteiger partial charge in [-0.1, -0.05) is 32.4 Å². The van der Waals surface area contributed by atoms with Gasteiger partial charge in [-0.2, -0.15) is 0 Å². The van der Waals surface area contributed by atoms with Crippen molar-refractivity contribution in [3.05, 3.63) is 34.6 Å². The van der Waals surface area contributed by atoms with Gasteiger partial charge in [0.15, 0.2) is 0 Å². The number of Topliss-reactive ketones (excluding diaryl/α,β-unsaturated/α-hetero) is 1. The summed E-state index contributed by atoms with van der Waals surface area (Å²) in [6.45, 7) is 6.80. The largest absolute Gasteiger partial charge is 0.299 e. The van der Waals surface area contributed by atoms with Crippen LogP contribution in [0, 0.1) is 23.1 Å². The van der Waals surface area contributed by atoms with Gasteiger partial charge in [-0.25, -0.2) is 4.39 Å². The van der Waals surface area contributed by atoms with Crippen LogP contribution >= 0.6 is 11.6 Å². The molecule has 1 aliphatic rings. The molecular weight excluding hydrogens is 287 g/mol. The summed E-state index contributed by atoms with van der Waals surface area (Å²) in [4.78, 5) is 12.4. The van der Waals surface area contributed by atoms with Crippen LogP contribution in [0.1, 0.15) is 52.0 Å². The maximum atomic E-state index is 13.7. The summed E-state index contributed by atoms with van der Waals surface area (Å²) in [6.07, 6.45) is 4.22. The molecule has 1 saturated carbocycles. The molecule has 0 radical (unpaired) electrons. The zero-order chi connectivity index (χ0) is 15.6. The molecule has 1 aliphatic carbocycles. The lowest BCUT2D eigenvalue weighted by molar-refractivity contribution is -0.123. The van der Waals surface area contributed by atoms with Crippen LogP contribution < -0.4 is 0 Å². The number of hydrogen-bond acceptors (Lipinski definition) is 1. The average molecular weight is 311 g/mol. The first kappa shape index (κ1) is 16.5. The second kappa shape index (κ2) is 6.48. The summed E-state index contributed by atoms with van der Waals surface area (Å²) < 4.78 is 13.7. The van der Waals surface area contributed by atoms with Gasteiger partial charge in [0.1, 0.15) is 11.6 Å². The number of benzene rings is 1. The first-order valence-corrected chi connectivity index (χ1v) is 8.12. The first-order valence-electron chi connectivity index (χ1n) is 7.74. The van der Waals surface area contributed by atoms with Crippen LogP contribution in [0.2, 0.25) is 5.02 Å². The predicted octanol–water partition coefficient (Wildman–Crippen LogP) is 5.44. The Morgan fingerprint density at radius 1 is 1.24 bits per heavy atom. The molecule has 0 heterocycles. The number of carbonyl (C=O) groups is 1. The fourth-order valence-electron chi connectivity index (χ4n) is 3.29. The van der Waals surface area contributed by atoms with Gasteiger partial charge >= 0.3 is 0 Å². The van der Waals surface area contributed by atoms with E-state index in [0.717, 1.165) is 25.7 Å². The van der Waals surface area contributed by atoms with Crippen LogP contribution in [0.4, 0.5) is 4.39 Å². The van der Waals surface area contributed by atoms with E-state index in [0.29, 0.717) is 21.9 Å². The number of hydrogen-bond donors (Lipinski definition) is 0. The molecule has 116 valence electrons. The summed E-state index contributed by atoms with van der Waals surface area (Å²) in [5, 5.41) is 0.482. The van der Waals surface area contributed by atoms with Crippen molar-refractivity contribution in [3.63, 3.8) is 0 Å². The zero-order valence-corrected chi connectivity index (χ0v) is 13.8. The molecule has 0 atom stereocenters. The molecule has 0 saturated heterocycles. The van der Waals surface area contributed by atoms with Gasteiger partial charge in [0.05, 0.1) is 0 Å². The minimum absolute atomic E-state index is 0.0852. The molecule has 0 amide bonds. The minimum Gasteiger partial charge on any atom is -0.299 e. The smallest absolute Gasteiger partial charge is 0.140 e. The van der Waals surface area contributed by atoms with E-state index < -0.39 is 0 Å². The summed E-state index contributed by atoms with van der Waals surface area (Å²) in [5.74, 6) is 0.589. The third-order valence-electron chi connectivity index (χ3n) is 4.78. The molecule has 0 spiro atoms. The van der Waals surface area contributed by atoms with E-state index in [4.69, 9.17) is 11.6 Å². The number of ketones is 1. The van der Waals surface area contributed by atoms with Gasteiger partial charge in [-0.3, -0.25) is 4.79 Å². The first-order chi connectivity index (χ1) is 9.77. The second-order valence-corrected chi connectivity index (χ2v) is 7.73. The average Bonchev–Trinajstić information content (AvgIpc) is 2.42. The van der Waals surface area contributed by atoms with Crippen LogP contribution in [-0.2, 0) is 11.2 Å². The van der Waals surface area contributed by atoms with Crippen LogP contribution in [0.3, 0.4) is 0 Å². The van der Waals surface area contributed by atoms with Crippen LogP contribution in [0.15, 0.2) is 18.2 Å². The third kappa shape index (κ3) is 4.29. The monoisotopic (exact) mass is 310 g/mol. The second-order valence-electron chi connectivity index (χ2n) is 7.29. The fourth-order valence-corrected chi connectivity index (χ4v) is 3.49. The van der Waals surface area contributed by atoms with Gasteiger partial charge in [-0.05, 0) is 60.8 Å². The SMILES string of the molecule is CC(C)(C)C1CCC(C(=O)Cc2cc(Cl)ccc2F)CC1. The number of rotatable bonds is 3. The molecule has 0 unspecified atom stereocenters. The molecule has 1 nitrogen and oxygen atoms in total. The Morgan fingerprint density at radius 2 is 1.86 bits per heavy atom. The maximum Gasteiger partial charge on any atom is 0.140 e. The molecule has 2 rings (SSSR count). The lowest BCUT2D eigenvalue weighted by Crippen LogP contribution is -2.29. The van der Waals surface area contributed by atoms with Crippen molar-refractivity contribution in [2.75, 3.05) is 0 Å². The van der Waals surface area contributed by atoms with Gasteiger partial charge in [0, 0.05) is 17.4 Å². The van der Waals surface area contributed by atoms with E-state index in [9.17, 15) is 9.18 Å². The summed E-state index contributed by atoms with van der Waals surface area (Å²) in [7, 11) is 0. The summed E-state index contributed by atoms with van der Waals surface area (Å²) in [5.41, 5.74) is 0.734. The van der Waals surface area contributed by atoms with E-state index in [2.05, 4.69) is 20.8 Å². The lowest BCUT2D eigenvalue weighted by Gasteiger charge is -2.36. The van der Waals surface area contributed by atoms with Crippen molar-refractivity contribution in [1.29, 1.82) is 0 Å². The Bertz CT molecular complexity index is 510. The highest BCUT2D eigenvalue weighted by Gasteiger charge is 2.32. The van der Waals surface area contributed by atoms with Crippen molar-refractivity contribution in [2.45, 2.75) is 52.9 Å². The van der Waals surface area contributed by atoms with Crippen molar-refractivity contribution < 1.29 is 9.18 Å². The molecule has 1 aromatic carbocycles. The van der Waals surface area contributed by atoms with Crippen molar-refractivity contribution in [3.8, 4) is 0 Å². The van der Waals surface area contributed by atoms with Crippen molar-refractivity contribution >= 4 is 17.4 Å². The molecule has 1 aromatic rings. The molecule has 0 aromatic heterocycles. The van der Waals surface area contributed by atoms with Crippen LogP contribution in [0.25, 0.3) is 0 Å². The number of carbonyl (C=O) groups excluding carboxylic acids is 1. The van der Waals surface area contributed by atoms with Crippen LogP contribution in [0.5, 0.6) is 0 Å². The minimum atomic E-state index is -0.337. The highest BCUT2D eigenvalue weighted by Crippen LogP contribution is 2.40. The lowest BCUT2D eigenvalue weighted by atomic mass is 9.69. The topological polar surface area (TPSA) is 17.1 Å². The van der Waals surface area contributed by atoms with Crippen molar-refractivity contribution in [2.24, 2.45) is 17.3 Å². The van der Waals surface area contributed by atoms with E-state index in [-0.39, 0.29) is 23.9 Å². The Morgan fingerprint density at radius 3 is 2.43 bits per heavy atom. The predicted molar refractivity (Wildman–Crippen MR) is 85.0 cm³/mol. The Labute approximate surface area is 131 Å². The van der Waals surface area contributed by atoms with Gasteiger partial charge < -0.3 is 0 Å². The molecular formula is C18H24ClFO. The van der Waals surface area contributed by atoms with E-state index in [1.54, 1.807) is 6.07 Å². The molecule has 0 N–H and O–H groups in total. The quantitative estimate of drug-likeness (QED) is 0.726. The van der Waals surface area contributed by atoms with E-state index >= 15 is 0 Å². The van der Waals surface area contributed by atoms with Crippen molar-refractivity contribution in [1.82, 2.24) is 0 Å². The Kier molecular flexibility index (Phi) is 5.08. The molecule has 21 heavy (non-hydrogen) atoms. The standard InChI is InChI=1S/C18H24ClFO/c1-18(2,3)14-6-4-12(5-7-14)17(21)11-13-10-15(19)8-9-16(13)20/h8-10,12,14H,4-7,11H2,1-3H3. The molecule has 0 bridgehead atoms. The maximum absolute atomic E-state index is 13.7. The van der Waals surface area contributed by atoms with E-state index in [1.807, 2.05) is 0 Å². The highest BCUT2D eigenvalue weighted by atomic mass is 35.5. The zero-order valence-electron chi connectivity index (χ0n) is 13.1. The van der Waals surface area contributed by atoms with Crippen LogP contribution in [-0.4, -0.2) is 5.78 Å².